The molecule has 0 spiro atoms. The van der Waals surface area contributed by atoms with E-state index in [1.54, 1.807) is 32.0 Å². The standard InChI is InChI=1S/C15H19N3O4S.ClH/c1-15(2,9-16)18-23(20,21)12-6-4-5-11-10(12)7-8-17-13(11)14(19)22-3;/h4-8,18H,9,16H2,1-3H3;1H. The molecule has 2 aromatic rings. The van der Waals surface area contributed by atoms with Crippen molar-refractivity contribution in [1.82, 2.24) is 9.71 Å². The summed E-state index contributed by atoms with van der Waals surface area (Å²) in [6.45, 7) is 3.53. The number of nitrogens with two attached hydrogens (primary N) is 1. The molecule has 0 amide bonds. The monoisotopic (exact) mass is 373 g/mol. The van der Waals surface area contributed by atoms with Gasteiger partial charge in [-0.15, -0.1) is 12.4 Å². The van der Waals surface area contributed by atoms with Crippen LogP contribution < -0.4 is 10.5 Å². The van der Waals surface area contributed by atoms with Gasteiger partial charge < -0.3 is 10.5 Å². The summed E-state index contributed by atoms with van der Waals surface area (Å²) in [7, 11) is -2.57. The van der Waals surface area contributed by atoms with Gasteiger partial charge in [-0.3, -0.25) is 0 Å². The number of fused-ring (bicyclic) bond motifs is 1. The quantitative estimate of drug-likeness (QED) is 0.767. The fraction of sp³-hybridized carbons (Fsp3) is 0.333. The van der Waals surface area contributed by atoms with Crippen LogP contribution in [0.1, 0.15) is 24.3 Å². The third-order valence-corrected chi connectivity index (χ3v) is 5.11. The molecule has 0 aliphatic rings. The summed E-state index contributed by atoms with van der Waals surface area (Å²) in [4.78, 5) is 15.8. The number of aromatic nitrogens is 1. The van der Waals surface area contributed by atoms with Crippen LogP contribution in [-0.2, 0) is 14.8 Å². The summed E-state index contributed by atoms with van der Waals surface area (Å²) >= 11 is 0. The highest BCUT2D eigenvalue weighted by Gasteiger charge is 2.27. The molecule has 7 nitrogen and oxygen atoms in total. The first-order valence-electron chi connectivity index (χ1n) is 6.92. The van der Waals surface area contributed by atoms with Gasteiger partial charge in [-0.25, -0.2) is 22.9 Å². The molecule has 132 valence electrons. The summed E-state index contributed by atoms with van der Waals surface area (Å²) in [6, 6.07) is 6.20. The number of esters is 1. The Morgan fingerprint density at radius 2 is 1.96 bits per heavy atom. The van der Waals surface area contributed by atoms with Crippen LogP contribution in [-0.4, -0.2) is 38.6 Å². The lowest BCUT2D eigenvalue weighted by Gasteiger charge is -2.24. The number of carbonyl (C=O) groups is 1. The zero-order valence-corrected chi connectivity index (χ0v) is 15.2. The molecule has 1 heterocycles. The number of nitrogens with zero attached hydrogens (tertiary/aromatic N) is 1. The lowest BCUT2D eigenvalue weighted by molar-refractivity contribution is 0.0596. The van der Waals surface area contributed by atoms with Crippen LogP contribution in [0.2, 0.25) is 0 Å². The third-order valence-electron chi connectivity index (χ3n) is 3.36. The Hall–Kier alpha value is -1.74. The number of nitrogens with one attached hydrogen (secondary N) is 1. The number of benzene rings is 1. The predicted molar refractivity (Wildman–Crippen MR) is 93.8 cm³/mol. The smallest absolute Gasteiger partial charge is 0.357 e. The van der Waals surface area contributed by atoms with Crippen molar-refractivity contribution in [2.45, 2.75) is 24.3 Å². The van der Waals surface area contributed by atoms with E-state index in [4.69, 9.17) is 5.73 Å². The second kappa shape index (κ2) is 7.43. The van der Waals surface area contributed by atoms with Crippen molar-refractivity contribution in [2.75, 3.05) is 13.7 Å². The molecule has 0 unspecified atom stereocenters. The number of hydrogen-bond donors (Lipinski definition) is 2. The van der Waals surface area contributed by atoms with Crippen molar-refractivity contribution >= 4 is 39.2 Å². The zero-order valence-electron chi connectivity index (χ0n) is 13.6. The minimum Gasteiger partial charge on any atom is -0.464 e. The normalized spacial score (nSPS) is 11.8. The fourth-order valence-electron chi connectivity index (χ4n) is 2.13. The number of pyridine rings is 1. The highest BCUT2D eigenvalue weighted by molar-refractivity contribution is 7.89. The maximum absolute atomic E-state index is 12.7. The van der Waals surface area contributed by atoms with Gasteiger partial charge >= 0.3 is 5.97 Å². The number of rotatable bonds is 5. The number of halogens is 1. The molecule has 0 aliphatic carbocycles. The highest BCUT2D eigenvalue weighted by atomic mass is 35.5. The molecule has 0 saturated heterocycles. The van der Waals surface area contributed by atoms with E-state index in [1.165, 1.54) is 19.4 Å². The number of carbonyl (C=O) groups excluding carboxylic acids is 1. The molecule has 24 heavy (non-hydrogen) atoms. The Bertz CT molecular complexity index is 853. The number of hydrogen-bond acceptors (Lipinski definition) is 6. The maximum Gasteiger partial charge on any atom is 0.357 e. The SMILES string of the molecule is COC(=O)c1nccc2c(S(=O)(=O)NC(C)(C)CN)cccc12.Cl. The molecule has 0 saturated carbocycles. The molecule has 2 rings (SSSR count). The summed E-state index contributed by atoms with van der Waals surface area (Å²) < 4.78 is 32.6. The number of ether oxygens (including phenoxy) is 1. The van der Waals surface area contributed by atoms with E-state index >= 15 is 0 Å². The van der Waals surface area contributed by atoms with Gasteiger partial charge in [0.2, 0.25) is 10.0 Å². The van der Waals surface area contributed by atoms with Crippen molar-refractivity contribution < 1.29 is 17.9 Å². The Labute approximate surface area is 147 Å². The molecule has 0 aliphatic heterocycles. The molecule has 3 N–H and O–H groups in total. The molecule has 0 fully saturated rings. The molecule has 9 heteroatoms. The van der Waals surface area contributed by atoms with E-state index < -0.39 is 21.5 Å². The van der Waals surface area contributed by atoms with Gasteiger partial charge in [0.1, 0.15) is 0 Å². The lowest BCUT2D eigenvalue weighted by Crippen LogP contribution is -2.48. The summed E-state index contributed by atoms with van der Waals surface area (Å²) in [5.41, 5.74) is 4.87. The van der Waals surface area contributed by atoms with Gasteiger partial charge in [-0.2, -0.15) is 0 Å². The van der Waals surface area contributed by atoms with Crippen LogP contribution in [0.4, 0.5) is 0 Å². The average Bonchev–Trinajstić information content (AvgIpc) is 2.52. The van der Waals surface area contributed by atoms with Gasteiger partial charge in [0.05, 0.1) is 12.0 Å². The Balaban J connectivity index is 0.00000288. The fourth-order valence-corrected chi connectivity index (χ4v) is 3.78. The molecule has 0 atom stereocenters. The molecule has 1 aromatic heterocycles. The van der Waals surface area contributed by atoms with Crippen LogP contribution in [0.25, 0.3) is 10.8 Å². The zero-order chi connectivity index (χ0) is 17.3. The van der Waals surface area contributed by atoms with E-state index in [9.17, 15) is 13.2 Å². The van der Waals surface area contributed by atoms with E-state index in [2.05, 4.69) is 14.4 Å². The van der Waals surface area contributed by atoms with E-state index in [-0.39, 0.29) is 29.5 Å². The second-order valence-corrected chi connectivity index (χ2v) is 7.35. The Morgan fingerprint density at radius 1 is 1.29 bits per heavy atom. The molecule has 1 aromatic carbocycles. The number of methoxy groups -OCH3 is 1. The topological polar surface area (TPSA) is 111 Å². The minimum atomic E-state index is -3.82. The second-order valence-electron chi connectivity index (χ2n) is 5.70. The van der Waals surface area contributed by atoms with Crippen molar-refractivity contribution in [3.63, 3.8) is 0 Å². The summed E-state index contributed by atoms with van der Waals surface area (Å²) in [6.07, 6.45) is 1.38. The van der Waals surface area contributed by atoms with Crippen molar-refractivity contribution in [2.24, 2.45) is 5.73 Å². The van der Waals surface area contributed by atoms with Crippen LogP contribution in [0.5, 0.6) is 0 Å². The van der Waals surface area contributed by atoms with Crippen LogP contribution in [0.15, 0.2) is 35.4 Å². The largest absolute Gasteiger partial charge is 0.464 e. The van der Waals surface area contributed by atoms with Gasteiger partial charge in [0.25, 0.3) is 0 Å². The summed E-state index contributed by atoms with van der Waals surface area (Å²) in [5.74, 6) is -0.625. The van der Waals surface area contributed by atoms with E-state index in [1.807, 2.05) is 0 Å². The Morgan fingerprint density at radius 3 is 2.54 bits per heavy atom. The molecule has 0 bridgehead atoms. The summed E-state index contributed by atoms with van der Waals surface area (Å²) in [5, 5.41) is 0.802. The first kappa shape index (κ1) is 20.3. The van der Waals surface area contributed by atoms with Crippen molar-refractivity contribution in [1.29, 1.82) is 0 Å². The third kappa shape index (κ3) is 4.02. The molecular formula is C15H20ClN3O4S. The van der Waals surface area contributed by atoms with Crippen LogP contribution in [0.3, 0.4) is 0 Å². The van der Waals surface area contributed by atoms with Gasteiger partial charge in [0.15, 0.2) is 5.69 Å². The number of sulfonamides is 1. The molecule has 0 radical (unpaired) electrons. The first-order valence-corrected chi connectivity index (χ1v) is 8.40. The van der Waals surface area contributed by atoms with Crippen molar-refractivity contribution in [3.05, 3.63) is 36.2 Å². The highest BCUT2D eigenvalue weighted by Crippen LogP contribution is 2.25. The van der Waals surface area contributed by atoms with Crippen LogP contribution in [0, 0.1) is 0 Å². The molecular weight excluding hydrogens is 354 g/mol. The van der Waals surface area contributed by atoms with Gasteiger partial charge in [-0.1, -0.05) is 12.1 Å². The predicted octanol–water partition coefficient (Wildman–Crippen LogP) is 1.46. The van der Waals surface area contributed by atoms with Gasteiger partial charge in [0, 0.05) is 29.1 Å². The van der Waals surface area contributed by atoms with Crippen molar-refractivity contribution in [3.8, 4) is 0 Å². The first-order chi connectivity index (χ1) is 10.7. The maximum atomic E-state index is 12.7. The Kier molecular flexibility index (Phi) is 6.29. The van der Waals surface area contributed by atoms with E-state index in [0.29, 0.717) is 10.8 Å². The van der Waals surface area contributed by atoms with Gasteiger partial charge in [-0.05, 0) is 26.0 Å². The lowest BCUT2D eigenvalue weighted by atomic mass is 10.1. The van der Waals surface area contributed by atoms with Crippen LogP contribution >= 0.6 is 12.4 Å². The average molecular weight is 374 g/mol. The van der Waals surface area contributed by atoms with E-state index in [0.717, 1.165) is 0 Å². The minimum absolute atomic E-state index is 0.